The van der Waals surface area contributed by atoms with Gasteiger partial charge in [-0.3, -0.25) is 4.55 Å². The molecular weight excluding hydrogens is 356 g/mol. The van der Waals surface area contributed by atoms with Crippen molar-refractivity contribution in [2.45, 2.75) is 37.5 Å². The molecule has 2 atom stereocenters. The Morgan fingerprint density at radius 1 is 1.43 bits per heavy atom. The Hall–Kier alpha value is -0.590. The normalized spacial score (nSPS) is 28.0. The highest BCUT2D eigenvalue weighted by molar-refractivity contribution is 9.10. The van der Waals surface area contributed by atoms with Crippen LogP contribution < -0.4 is 4.74 Å². The molecule has 0 aliphatic heterocycles. The standard InChI is InChI=1S/C15H19BrO4S/c1-20-13-5-4-12-11(14(13)16)3-2-7-15(12)8-6-10(15)9-21(17,18)19/h4-5,10H,2-3,6-9H2,1H3,(H,17,18,19). The molecule has 2 unspecified atom stereocenters. The molecule has 3 rings (SSSR count). The molecule has 0 heterocycles. The zero-order valence-electron chi connectivity index (χ0n) is 11.9. The van der Waals surface area contributed by atoms with Gasteiger partial charge in [-0.25, -0.2) is 0 Å². The smallest absolute Gasteiger partial charge is 0.265 e. The molecular formula is C15H19BrO4S. The molecule has 1 aromatic rings. The van der Waals surface area contributed by atoms with Crippen LogP contribution in [0, 0.1) is 5.92 Å². The van der Waals surface area contributed by atoms with E-state index in [2.05, 4.69) is 22.0 Å². The fraction of sp³-hybridized carbons (Fsp3) is 0.600. The first-order valence-corrected chi connectivity index (χ1v) is 9.58. The quantitative estimate of drug-likeness (QED) is 0.824. The highest BCUT2D eigenvalue weighted by atomic mass is 79.9. The number of benzene rings is 1. The average Bonchev–Trinajstić information content (AvgIpc) is 2.43. The highest BCUT2D eigenvalue weighted by Crippen LogP contribution is 2.57. The van der Waals surface area contributed by atoms with Gasteiger partial charge in [-0.1, -0.05) is 6.07 Å². The largest absolute Gasteiger partial charge is 0.496 e. The summed E-state index contributed by atoms with van der Waals surface area (Å²) in [6.45, 7) is 0. The van der Waals surface area contributed by atoms with Gasteiger partial charge < -0.3 is 4.74 Å². The van der Waals surface area contributed by atoms with Crippen LogP contribution in [0.5, 0.6) is 5.75 Å². The fourth-order valence-electron chi connectivity index (χ4n) is 4.06. The second-order valence-corrected chi connectivity index (χ2v) is 8.39. The second kappa shape index (κ2) is 5.25. The maximum absolute atomic E-state index is 11.3. The van der Waals surface area contributed by atoms with Crippen LogP contribution in [0.1, 0.15) is 36.8 Å². The van der Waals surface area contributed by atoms with E-state index < -0.39 is 10.1 Å². The summed E-state index contributed by atoms with van der Waals surface area (Å²) in [5.41, 5.74) is 2.39. The Labute approximate surface area is 133 Å². The minimum Gasteiger partial charge on any atom is -0.496 e. The van der Waals surface area contributed by atoms with Crippen LogP contribution in [0.2, 0.25) is 0 Å². The summed E-state index contributed by atoms with van der Waals surface area (Å²) in [4.78, 5) is 0. The molecule has 2 aliphatic carbocycles. The lowest BCUT2D eigenvalue weighted by Gasteiger charge is -2.53. The minimum absolute atomic E-state index is 0.0202. The van der Waals surface area contributed by atoms with Gasteiger partial charge in [-0.05, 0) is 76.6 Å². The lowest BCUT2D eigenvalue weighted by atomic mass is 9.52. The van der Waals surface area contributed by atoms with Gasteiger partial charge in [0, 0.05) is 0 Å². The molecule has 2 aliphatic rings. The number of halogens is 1. The number of hydrogen-bond donors (Lipinski definition) is 1. The Bertz CT molecular complexity index is 670. The molecule has 0 saturated heterocycles. The van der Waals surface area contributed by atoms with Gasteiger partial charge in [0.05, 0.1) is 17.3 Å². The molecule has 4 nitrogen and oxygen atoms in total. The predicted molar refractivity (Wildman–Crippen MR) is 84.4 cm³/mol. The number of fused-ring (bicyclic) bond motifs is 2. The van der Waals surface area contributed by atoms with E-state index in [4.69, 9.17) is 4.74 Å². The molecule has 1 aromatic carbocycles. The lowest BCUT2D eigenvalue weighted by Crippen LogP contribution is -2.49. The average molecular weight is 375 g/mol. The van der Waals surface area contributed by atoms with Gasteiger partial charge >= 0.3 is 0 Å². The van der Waals surface area contributed by atoms with Crippen LogP contribution >= 0.6 is 15.9 Å². The summed E-state index contributed by atoms with van der Waals surface area (Å²) in [5, 5.41) is 0. The summed E-state index contributed by atoms with van der Waals surface area (Å²) in [5.74, 6) is 0.708. The van der Waals surface area contributed by atoms with Crippen LogP contribution in [0.15, 0.2) is 16.6 Å². The van der Waals surface area contributed by atoms with E-state index in [1.165, 1.54) is 11.1 Å². The van der Waals surface area contributed by atoms with Crippen molar-refractivity contribution in [3.8, 4) is 5.75 Å². The summed E-state index contributed by atoms with van der Waals surface area (Å²) < 4.78 is 38.1. The molecule has 116 valence electrons. The second-order valence-electron chi connectivity index (χ2n) is 6.10. The number of methoxy groups -OCH3 is 1. The molecule has 0 aromatic heterocycles. The third-order valence-electron chi connectivity index (χ3n) is 5.15. The summed E-state index contributed by atoms with van der Waals surface area (Å²) in [7, 11) is -2.27. The van der Waals surface area contributed by atoms with Gasteiger partial charge in [0.1, 0.15) is 5.75 Å². The van der Waals surface area contributed by atoms with Gasteiger partial charge in [0.25, 0.3) is 10.1 Å². The number of rotatable bonds is 3. The zero-order valence-corrected chi connectivity index (χ0v) is 14.3. The third kappa shape index (κ3) is 2.51. The summed E-state index contributed by atoms with van der Waals surface area (Å²) in [6, 6.07) is 4.02. The summed E-state index contributed by atoms with van der Waals surface area (Å²) in [6.07, 6.45) is 4.88. The van der Waals surface area contributed by atoms with Crippen LogP contribution in [0.3, 0.4) is 0 Å². The Balaban J connectivity index is 2.03. The molecule has 1 spiro atoms. The van der Waals surface area contributed by atoms with Crippen LogP contribution in [0.4, 0.5) is 0 Å². The van der Waals surface area contributed by atoms with E-state index in [0.717, 1.165) is 42.3 Å². The van der Waals surface area contributed by atoms with Crippen molar-refractivity contribution in [2.75, 3.05) is 12.9 Å². The van der Waals surface area contributed by atoms with Crippen molar-refractivity contribution < 1.29 is 17.7 Å². The third-order valence-corrected chi connectivity index (χ3v) is 6.84. The zero-order chi connectivity index (χ0) is 15.3. The fourth-order valence-corrected chi connectivity index (χ4v) is 5.76. The molecule has 0 amide bonds. The number of ether oxygens (including phenoxy) is 1. The Kier molecular flexibility index (Phi) is 3.83. The van der Waals surface area contributed by atoms with E-state index in [9.17, 15) is 13.0 Å². The van der Waals surface area contributed by atoms with Crippen LogP contribution in [-0.4, -0.2) is 25.8 Å². The topological polar surface area (TPSA) is 63.6 Å². The first-order chi connectivity index (χ1) is 9.87. The van der Waals surface area contributed by atoms with Crippen molar-refractivity contribution in [2.24, 2.45) is 5.92 Å². The molecule has 21 heavy (non-hydrogen) atoms. The van der Waals surface area contributed by atoms with Gasteiger partial charge in [-0.2, -0.15) is 8.42 Å². The molecule has 0 bridgehead atoms. The lowest BCUT2D eigenvalue weighted by molar-refractivity contribution is 0.114. The minimum atomic E-state index is -3.92. The van der Waals surface area contributed by atoms with Gasteiger partial charge in [0.15, 0.2) is 0 Å². The van der Waals surface area contributed by atoms with E-state index >= 15 is 0 Å². The van der Waals surface area contributed by atoms with E-state index in [0.29, 0.717) is 0 Å². The molecule has 1 fully saturated rings. The van der Waals surface area contributed by atoms with Gasteiger partial charge in [-0.15, -0.1) is 0 Å². The monoisotopic (exact) mass is 374 g/mol. The van der Waals surface area contributed by atoms with E-state index in [1.54, 1.807) is 7.11 Å². The van der Waals surface area contributed by atoms with E-state index in [1.807, 2.05) is 6.07 Å². The van der Waals surface area contributed by atoms with Crippen molar-refractivity contribution in [3.63, 3.8) is 0 Å². The highest BCUT2D eigenvalue weighted by Gasteiger charge is 2.51. The van der Waals surface area contributed by atoms with Crippen molar-refractivity contribution in [1.82, 2.24) is 0 Å². The van der Waals surface area contributed by atoms with Crippen LogP contribution in [-0.2, 0) is 22.0 Å². The molecule has 1 N–H and O–H groups in total. The SMILES string of the molecule is COc1ccc2c(c1Br)CCCC21CCC1CS(=O)(=O)O. The Morgan fingerprint density at radius 3 is 2.76 bits per heavy atom. The number of hydrogen-bond acceptors (Lipinski definition) is 3. The first kappa shape index (κ1) is 15.3. The predicted octanol–water partition coefficient (Wildman–Crippen LogP) is 3.33. The van der Waals surface area contributed by atoms with Crippen molar-refractivity contribution in [3.05, 3.63) is 27.7 Å². The van der Waals surface area contributed by atoms with Crippen molar-refractivity contribution in [1.29, 1.82) is 0 Å². The van der Waals surface area contributed by atoms with Gasteiger partial charge in [0.2, 0.25) is 0 Å². The maximum Gasteiger partial charge on any atom is 0.265 e. The van der Waals surface area contributed by atoms with E-state index in [-0.39, 0.29) is 17.1 Å². The van der Waals surface area contributed by atoms with Crippen molar-refractivity contribution >= 4 is 26.0 Å². The summed E-state index contributed by atoms with van der Waals surface area (Å²) >= 11 is 3.62. The molecule has 6 heteroatoms. The Morgan fingerprint density at radius 2 is 2.19 bits per heavy atom. The maximum atomic E-state index is 11.3. The first-order valence-electron chi connectivity index (χ1n) is 7.18. The van der Waals surface area contributed by atoms with Crippen LogP contribution in [0.25, 0.3) is 0 Å². The molecule has 1 saturated carbocycles. The molecule has 0 radical (unpaired) electrons.